The number of nitrogens with one attached hydrogen (secondary N) is 2. The number of hydrogen-bond donors (Lipinski definition) is 3. The van der Waals surface area contributed by atoms with Gasteiger partial charge in [-0.2, -0.15) is 10.1 Å². The normalized spacial score (nSPS) is 12.6. The molecule has 0 radical (unpaired) electrons. The molecule has 4 aromatic rings. The van der Waals surface area contributed by atoms with Crippen LogP contribution >= 0.6 is 15.9 Å². The molecule has 0 amide bonds. The fraction of sp³-hybridized carbons (Fsp3) is 0.217. The molecule has 11 heteroatoms. The molecule has 2 heterocycles. The maximum Gasteiger partial charge on any atom is 0.329 e. The van der Waals surface area contributed by atoms with Crippen LogP contribution in [0.1, 0.15) is 12.5 Å². The molecular formula is C23H23BrN6O4. The van der Waals surface area contributed by atoms with E-state index in [-0.39, 0.29) is 30.3 Å². The molecule has 0 unspecified atom stereocenters. The Kier molecular flexibility index (Phi) is 6.94. The Hall–Kier alpha value is -3.70. The monoisotopic (exact) mass is 526 g/mol. The van der Waals surface area contributed by atoms with Crippen molar-refractivity contribution >= 4 is 38.8 Å². The van der Waals surface area contributed by atoms with Gasteiger partial charge in [0.2, 0.25) is 5.95 Å². The Labute approximate surface area is 202 Å². The average Bonchev–Trinajstić information content (AvgIpc) is 3.19. The highest BCUT2D eigenvalue weighted by Crippen LogP contribution is 2.18. The molecule has 0 saturated heterocycles. The van der Waals surface area contributed by atoms with Crippen molar-refractivity contribution in [2.24, 2.45) is 12.1 Å². The van der Waals surface area contributed by atoms with Gasteiger partial charge in [-0.05, 0) is 36.8 Å². The summed E-state index contributed by atoms with van der Waals surface area (Å²) in [4.78, 5) is 31.4. The average molecular weight is 527 g/mol. The predicted octanol–water partition coefficient (Wildman–Crippen LogP) is 2.46. The number of rotatable bonds is 8. The zero-order valence-electron chi connectivity index (χ0n) is 18.5. The Morgan fingerprint density at radius 3 is 2.62 bits per heavy atom. The number of aryl methyl sites for hydroxylation is 1. The molecule has 1 atom stereocenters. The first-order valence-electron chi connectivity index (χ1n) is 10.4. The summed E-state index contributed by atoms with van der Waals surface area (Å²) in [6.45, 7) is 1.81. The molecule has 2 aromatic heterocycles. The molecule has 0 bridgehead atoms. The molecule has 176 valence electrons. The molecule has 0 aliphatic rings. The Balaban J connectivity index is 1.65. The van der Waals surface area contributed by atoms with Crippen molar-refractivity contribution in [3.63, 3.8) is 0 Å². The number of benzene rings is 2. The molecule has 34 heavy (non-hydrogen) atoms. The minimum absolute atomic E-state index is 0.00597. The summed E-state index contributed by atoms with van der Waals surface area (Å²) in [6.07, 6.45) is -0.966. The highest BCUT2D eigenvalue weighted by atomic mass is 79.9. The molecule has 0 saturated carbocycles. The largest absolute Gasteiger partial charge is 0.491 e. The highest BCUT2D eigenvalue weighted by Gasteiger charge is 2.20. The van der Waals surface area contributed by atoms with E-state index >= 15 is 0 Å². The Morgan fingerprint density at radius 1 is 1.21 bits per heavy atom. The van der Waals surface area contributed by atoms with Crippen molar-refractivity contribution in [1.29, 1.82) is 0 Å². The van der Waals surface area contributed by atoms with E-state index in [1.807, 2.05) is 49.4 Å². The molecule has 3 N–H and O–H groups in total. The van der Waals surface area contributed by atoms with Gasteiger partial charge in [-0.1, -0.05) is 46.3 Å². The third-order valence-corrected chi connectivity index (χ3v) is 5.70. The van der Waals surface area contributed by atoms with Crippen LogP contribution < -0.4 is 21.4 Å². The maximum atomic E-state index is 12.6. The summed E-state index contributed by atoms with van der Waals surface area (Å²) in [5.41, 5.74) is 3.56. The molecule has 0 aliphatic heterocycles. The minimum Gasteiger partial charge on any atom is -0.491 e. The second-order valence-electron chi connectivity index (χ2n) is 7.63. The predicted molar refractivity (Wildman–Crippen MR) is 134 cm³/mol. The lowest BCUT2D eigenvalue weighted by atomic mass is 10.1. The first-order valence-corrected chi connectivity index (χ1v) is 11.2. The number of aliphatic hydroxyl groups is 1. The Morgan fingerprint density at radius 2 is 1.91 bits per heavy atom. The van der Waals surface area contributed by atoms with Gasteiger partial charge in [0.15, 0.2) is 11.2 Å². The van der Waals surface area contributed by atoms with Gasteiger partial charge < -0.3 is 14.4 Å². The number of hydrazone groups is 1. The van der Waals surface area contributed by atoms with E-state index in [0.717, 1.165) is 10.0 Å². The molecular weight excluding hydrogens is 504 g/mol. The number of fused-ring (bicyclic) bond motifs is 1. The number of hydrogen-bond acceptors (Lipinski definition) is 7. The second-order valence-corrected chi connectivity index (χ2v) is 8.55. The van der Waals surface area contributed by atoms with Gasteiger partial charge in [-0.3, -0.25) is 14.3 Å². The van der Waals surface area contributed by atoms with Crippen molar-refractivity contribution in [2.75, 3.05) is 12.0 Å². The fourth-order valence-electron chi connectivity index (χ4n) is 3.36. The number of halogens is 1. The quantitative estimate of drug-likeness (QED) is 0.239. The van der Waals surface area contributed by atoms with Crippen molar-refractivity contribution in [2.45, 2.75) is 19.6 Å². The summed E-state index contributed by atoms with van der Waals surface area (Å²) in [5, 5.41) is 15.0. The molecule has 4 rings (SSSR count). The number of imidazole rings is 1. The van der Waals surface area contributed by atoms with Crippen molar-refractivity contribution in [1.82, 2.24) is 19.1 Å². The number of aliphatic hydroxyl groups excluding tert-OH is 1. The van der Waals surface area contributed by atoms with Gasteiger partial charge in [0.25, 0.3) is 5.56 Å². The van der Waals surface area contributed by atoms with Crippen molar-refractivity contribution in [3.8, 4) is 5.75 Å². The Bertz CT molecular complexity index is 1440. The smallest absolute Gasteiger partial charge is 0.329 e. The zero-order chi connectivity index (χ0) is 24.2. The number of aromatic amines is 1. The molecule has 0 spiro atoms. The van der Waals surface area contributed by atoms with E-state index in [4.69, 9.17) is 4.74 Å². The van der Waals surface area contributed by atoms with Gasteiger partial charge in [0.1, 0.15) is 18.5 Å². The van der Waals surface area contributed by atoms with Crippen LogP contribution in [0.3, 0.4) is 0 Å². The van der Waals surface area contributed by atoms with E-state index in [2.05, 4.69) is 36.4 Å². The SMILES string of the molecule is C/C(=N/Nc1nc2c(c(=O)[nH]c(=O)n2C)n1C[C@@H](O)COc1ccccc1)c1ccc(Br)cc1. The molecule has 0 fully saturated rings. The van der Waals surface area contributed by atoms with Crippen LogP contribution in [0.4, 0.5) is 5.95 Å². The summed E-state index contributed by atoms with van der Waals surface area (Å²) in [6, 6.07) is 16.7. The summed E-state index contributed by atoms with van der Waals surface area (Å²) < 4.78 is 9.30. The molecule has 10 nitrogen and oxygen atoms in total. The van der Waals surface area contributed by atoms with Crippen LogP contribution in [0, 0.1) is 0 Å². The van der Waals surface area contributed by atoms with E-state index in [1.165, 1.54) is 16.2 Å². The number of para-hydroxylation sites is 1. The third-order valence-electron chi connectivity index (χ3n) is 5.17. The lowest BCUT2D eigenvalue weighted by molar-refractivity contribution is 0.0938. The number of aromatic nitrogens is 4. The zero-order valence-corrected chi connectivity index (χ0v) is 20.1. The van der Waals surface area contributed by atoms with E-state index < -0.39 is 17.4 Å². The van der Waals surface area contributed by atoms with E-state index in [1.54, 1.807) is 12.1 Å². The van der Waals surface area contributed by atoms with Crippen molar-refractivity contribution < 1.29 is 9.84 Å². The number of ether oxygens (including phenoxy) is 1. The lowest BCUT2D eigenvalue weighted by Gasteiger charge is -2.15. The van der Waals surface area contributed by atoms with Gasteiger partial charge in [-0.25, -0.2) is 10.2 Å². The number of nitrogens with zero attached hydrogens (tertiary/aromatic N) is 4. The van der Waals surface area contributed by atoms with Crippen LogP contribution in [0.25, 0.3) is 11.2 Å². The topological polar surface area (TPSA) is 127 Å². The third kappa shape index (κ3) is 5.10. The first-order chi connectivity index (χ1) is 16.3. The second kappa shape index (κ2) is 10.1. The standard InChI is InChI=1S/C23H23BrN6O4/c1-14(15-8-10-16(24)11-9-15)27-28-22-25-20-19(21(32)26-23(33)29(20)2)30(22)12-17(31)13-34-18-6-4-3-5-7-18/h3-11,17,31H,12-13H2,1-2H3,(H,25,28)(H,26,32,33)/b27-14-/t17-/m1/s1. The minimum atomic E-state index is -0.966. The van der Waals surface area contributed by atoms with E-state index in [9.17, 15) is 14.7 Å². The van der Waals surface area contributed by atoms with Gasteiger partial charge in [0, 0.05) is 11.5 Å². The van der Waals surface area contributed by atoms with Crippen LogP contribution in [0.2, 0.25) is 0 Å². The van der Waals surface area contributed by atoms with Crippen LogP contribution in [0.15, 0.2) is 73.8 Å². The molecule has 2 aromatic carbocycles. The number of anilines is 1. The van der Waals surface area contributed by atoms with Gasteiger partial charge >= 0.3 is 5.69 Å². The fourth-order valence-corrected chi connectivity index (χ4v) is 3.62. The molecule has 0 aliphatic carbocycles. The summed E-state index contributed by atoms with van der Waals surface area (Å²) >= 11 is 3.41. The van der Waals surface area contributed by atoms with Gasteiger partial charge in [-0.15, -0.1) is 0 Å². The van der Waals surface area contributed by atoms with Gasteiger partial charge in [0.05, 0.1) is 12.3 Å². The summed E-state index contributed by atoms with van der Waals surface area (Å²) in [5.74, 6) is 0.822. The maximum absolute atomic E-state index is 12.6. The summed E-state index contributed by atoms with van der Waals surface area (Å²) in [7, 11) is 1.51. The van der Waals surface area contributed by atoms with Crippen LogP contribution in [-0.4, -0.2) is 42.6 Å². The number of H-pyrrole nitrogens is 1. The highest BCUT2D eigenvalue weighted by molar-refractivity contribution is 9.10. The van der Waals surface area contributed by atoms with Crippen LogP contribution in [0.5, 0.6) is 5.75 Å². The lowest BCUT2D eigenvalue weighted by Crippen LogP contribution is -2.30. The van der Waals surface area contributed by atoms with Crippen LogP contribution in [-0.2, 0) is 13.6 Å². The van der Waals surface area contributed by atoms with Crippen molar-refractivity contribution in [3.05, 3.63) is 85.5 Å². The van der Waals surface area contributed by atoms with E-state index in [0.29, 0.717) is 11.5 Å². The first kappa shape index (κ1) is 23.5.